The molecule has 2 aromatic rings. The molecule has 13 heteroatoms. The Morgan fingerprint density at radius 1 is 0.724 bits per heavy atom. The summed E-state index contributed by atoms with van der Waals surface area (Å²) in [6.07, 6.45) is -9.46. The summed E-state index contributed by atoms with van der Waals surface area (Å²) in [5, 5.41) is 19.6. The van der Waals surface area contributed by atoms with E-state index in [9.17, 15) is 36.4 Å². The van der Waals surface area contributed by atoms with Crippen LogP contribution >= 0.6 is 11.8 Å². The van der Waals surface area contributed by atoms with E-state index in [-0.39, 0.29) is 31.8 Å². The molecule has 2 aliphatic rings. The van der Waals surface area contributed by atoms with Crippen molar-refractivity contribution in [3.63, 3.8) is 0 Å². The molecule has 29 heavy (non-hydrogen) atoms. The molecule has 0 amide bonds. The van der Waals surface area contributed by atoms with E-state index in [4.69, 9.17) is 9.31 Å². The average molecular weight is 434 g/mol. The van der Waals surface area contributed by atoms with Gasteiger partial charge < -0.3 is 19.4 Å². The Balaban J connectivity index is 1.79. The van der Waals surface area contributed by atoms with E-state index in [1.54, 1.807) is 0 Å². The molecule has 2 N–H and O–H groups in total. The third-order valence-electron chi connectivity index (χ3n) is 4.67. The molecule has 0 atom stereocenters. The Kier molecular flexibility index (Phi) is 4.94. The summed E-state index contributed by atoms with van der Waals surface area (Å²) in [7, 11) is -3.10. The van der Waals surface area contributed by atoms with E-state index < -0.39 is 50.9 Å². The zero-order valence-corrected chi connectivity index (χ0v) is 15.1. The molecular weight excluding hydrogens is 424 g/mol. The van der Waals surface area contributed by atoms with Crippen LogP contribution in [0.25, 0.3) is 0 Å². The molecule has 0 bridgehead atoms. The monoisotopic (exact) mass is 434 g/mol. The summed E-state index contributed by atoms with van der Waals surface area (Å²) in [5.74, 6) is 0. The van der Waals surface area contributed by atoms with Crippen molar-refractivity contribution in [2.45, 2.75) is 35.4 Å². The van der Waals surface area contributed by atoms with Crippen molar-refractivity contribution >= 4 is 36.9 Å². The second kappa shape index (κ2) is 6.95. The Morgan fingerprint density at radius 2 is 1.10 bits per heavy atom. The van der Waals surface area contributed by atoms with E-state index >= 15 is 0 Å². The molecule has 0 radical (unpaired) electrons. The predicted molar refractivity (Wildman–Crippen MR) is 91.8 cm³/mol. The van der Waals surface area contributed by atoms with Crippen LogP contribution in [0, 0.1) is 0 Å². The van der Waals surface area contributed by atoms with Crippen molar-refractivity contribution in [1.29, 1.82) is 0 Å². The number of rotatable bonds is 2. The molecule has 0 saturated carbocycles. The molecule has 0 aromatic heterocycles. The Hall–Kier alpha value is -1.66. The molecule has 0 spiro atoms. The van der Waals surface area contributed by atoms with Gasteiger partial charge >= 0.3 is 26.6 Å². The maximum Gasteiger partial charge on any atom is 0.491 e. The van der Waals surface area contributed by atoms with Gasteiger partial charge in [-0.05, 0) is 46.3 Å². The standard InChI is InChI=1S/C16H10B2F6O4S/c19-15(20,21)11-1-7(3-13-9(11)5-27-17(13)25)29-8-2-12(16(22,23)24)10-6-28-18(26)14(10)4-8/h1-4,25-26H,5-6H2. The second-order valence-corrected chi connectivity index (χ2v) is 7.65. The highest BCUT2D eigenvalue weighted by Crippen LogP contribution is 2.40. The number of halogens is 6. The number of hydrogen-bond donors (Lipinski definition) is 2. The highest BCUT2D eigenvalue weighted by molar-refractivity contribution is 7.99. The summed E-state index contributed by atoms with van der Waals surface area (Å²) in [6.45, 7) is -0.840. The van der Waals surface area contributed by atoms with Crippen molar-refractivity contribution in [2.24, 2.45) is 0 Å². The predicted octanol–water partition coefficient (Wildman–Crippen LogP) is 2.31. The lowest BCUT2D eigenvalue weighted by molar-refractivity contribution is -0.139. The summed E-state index contributed by atoms with van der Waals surface area (Å²) in [6, 6.07) is 4.11. The first-order chi connectivity index (χ1) is 13.4. The maximum atomic E-state index is 13.4. The van der Waals surface area contributed by atoms with Crippen molar-refractivity contribution < 1.29 is 45.7 Å². The minimum atomic E-state index is -4.73. The van der Waals surface area contributed by atoms with Gasteiger partial charge in [-0.15, -0.1) is 0 Å². The van der Waals surface area contributed by atoms with E-state index in [1.807, 2.05) is 0 Å². The normalized spacial score (nSPS) is 16.4. The Bertz CT molecular complexity index is 904. The minimum absolute atomic E-state index is 0.0258. The largest absolute Gasteiger partial charge is 0.491 e. The van der Waals surface area contributed by atoms with Gasteiger partial charge in [0.2, 0.25) is 0 Å². The highest BCUT2D eigenvalue weighted by Gasteiger charge is 2.41. The fourth-order valence-electron chi connectivity index (χ4n) is 3.36. The third kappa shape index (κ3) is 3.77. The minimum Gasteiger partial charge on any atom is -0.423 e. The number of hydrogen-bond acceptors (Lipinski definition) is 5. The maximum absolute atomic E-state index is 13.4. The molecule has 4 nitrogen and oxygen atoms in total. The van der Waals surface area contributed by atoms with Gasteiger partial charge in [-0.2, -0.15) is 26.3 Å². The number of benzene rings is 2. The highest BCUT2D eigenvalue weighted by atomic mass is 32.2. The molecule has 0 fully saturated rings. The summed E-state index contributed by atoms with van der Waals surface area (Å²) in [5.41, 5.74) is -2.61. The Labute approximate surface area is 165 Å². The van der Waals surface area contributed by atoms with Crippen LogP contribution in [0.4, 0.5) is 26.3 Å². The molecular formula is C16H10B2F6O4S. The third-order valence-corrected chi connectivity index (χ3v) is 5.61. The van der Waals surface area contributed by atoms with E-state index in [0.717, 1.165) is 12.1 Å². The van der Waals surface area contributed by atoms with Crippen LogP contribution in [-0.4, -0.2) is 24.3 Å². The van der Waals surface area contributed by atoms with Crippen LogP contribution in [-0.2, 0) is 34.9 Å². The van der Waals surface area contributed by atoms with Crippen LogP contribution in [0.5, 0.6) is 0 Å². The first kappa shape index (κ1) is 20.6. The second-order valence-electron chi connectivity index (χ2n) is 6.50. The van der Waals surface area contributed by atoms with Gasteiger partial charge in [-0.3, -0.25) is 0 Å². The molecule has 0 aliphatic carbocycles. The first-order valence-corrected chi connectivity index (χ1v) is 9.02. The van der Waals surface area contributed by atoms with E-state index in [0.29, 0.717) is 11.8 Å². The van der Waals surface area contributed by atoms with Gasteiger partial charge in [0.15, 0.2) is 0 Å². The average Bonchev–Trinajstić information content (AvgIpc) is 3.16. The smallest absolute Gasteiger partial charge is 0.423 e. The van der Waals surface area contributed by atoms with Crippen LogP contribution in [0.2, 0.25) is 0 Å². The lowest BCUT2D eigenvalue weighted by Gasteiger charge is -2.16. The Morgan fingerprint density at radius 3 is 1.45 bits per heavy atom. The number of fused-ring (bicyclic) bond motifs is 2. The van der Waals surface area contributed by atoms with E-state index in [2.05, 4.69) is 0 Å². The molecule has 152 valence electrons. The topological polar surface area (TPSA) is 58.9 Å². The fourth-order valence-corrected chi connectivity index (χ4v) is 4.36. The van der Waals surface area contributed by atoms with E-state index in [1.165, 1.54) is 12.1 Å². The van der Waals surface area contributed by atoms with Crippen molar-refractivity contribution in [3.8, 4) is 0 Å². The van der Waals surface area contributed by atoms with Gasteiger partial charge in [-0.1, -0.05) is 11.8 Å². The van der Waals surface area contributed by atoms with Crippen molar-refractivity contribution in [2.75, 3.05) is 0 Å². The lowest BCUT2D eigenvalue weighted by Crippen LogP contribution is -2.30. The molecule has 2 heterocycles. The molecule has 2 aliphatic heterocycles. The zero-order chi connectivity index (χ0) is 21.1. The number of alkyl halides is 6. The zero-order valence-electron chi connectivity index (χ0n) is 14.3. The SMILES string of the molecule is OB1OCc2c1cc(Sc1cc3c(c(C(F)(F)F)c1)COB3O)cc2C(F)(F)F. The quantitative estimate of drug-likeness (QED) is 0.562. The van der Waals surface area contributed by atoms with Gasteiger partial charge in [0.1, 0.15) is 0 Å². The van der Waals surface area contributed by atoms with Crippen LogP contribution in [0.1, 0.15) is 22.3 Å². The van der Waals surface area contributed by atoms with Crippen molar-refractivity contribution in [3.05, 3.63) is 46.5 Å². The summed E-state index contributed by atoms with van der Waals surface area (Å²) >= 11 is 0.651. The van der Waals surface area contributed by atoms with Crippen molar-refractivity contribution in [1.82, 2.24) is 0 Å². The van der Waals surface area contributed by atoms with Gasteiger partial charge in [-0.25, -0.2) is 0 Å². The van der Waals surface area contributed by atoms with Crippen LogP contribution < -0.4 is 10.9 Å². The summed E-state index contributed by atoms with van der Waals surface area (Å²) < 4.78 is 90.1. The van der Waals surface area contributed by atoms with Crippen LogP contribution in [0.15, 0.2) is 34.1 Å². The summed E-state index contributed by atoms with van der Waals surface area (Å²) in [4.78, 5) is -0.0517. The lowest BCUT2D eigenvalue weighted by atomic mass is 9.78. The van der Waals surface area contributed by atoms with Gasteiger partial charge in [0.25, 0.3) is 0 Å². The fraction of sp³-hybridized carbons (Fsp3) is 0.250. The molecule has 0 saturated heterocycles. The first-order valence-electron chi connectivity index (χ1n) is 8.20. The molecule has 0 unspecified atom stereocenters. The van der Waals surface area contributed by atoms with Gasteiger partial charge in [0, 0.05) is 9.79 Å². The molecule has 2 aromatic carbocycles. The molecule has 4 rings (SSSR count). The van der Waals surface area contributed by atoms with Crippen LogP contribution in [0.3, 0.4) is 0 Å². The van der Waals surface area contributed by atoms with Gasteiger partial charge in [0.05, 0.1) is 24.3 Å².